The number of carbonyl (C=O) groups is 4. The molecule has 10 heteroatoms. The van der Waals surface area contributed by atoms with Crippen molar-refractivity contribution in [1.82, 2.24) is 5.43 Å². The minimum atomic E-state index is -0.745. The van der Waals surface area contributed by atoms with Gasteiger partial charge in [0.25, 0.3) is 0 Å². The molecule has 0 radical (unpaired) electrons. The molecular weight excluding hydrogens is 364 g/mol. The summed E-state index contributed by atoms with van der Waals surface area (Å²) in [6.07, 6.45) is 3.23. The first-order valence-electron chi connectivity index (χ1n) is 8.39. The summed E-state index contributed by atoms with van der Waals surface area (Å²) in [5.74, 6) is 4.88. The highest BCUT2D eigenvalue weighted by Gasteiger charge is 2.08. The molecule has 0 atom stereocenters. The summed E-state index contributed by atoms with van der Waals surface area (Å²) in [4.78, 5) is 43.2. The fourth-order valence-electron chi connectivity index (χ4n) is 1.48. The molecule has 0 aliphatic carbocycles. The average molecular weight is 394 g/mol. The molecule has 0 aliphatic rings. The minimum Gasteiger partial charge on any atom is -0.469 e. The number of nitrogens with two attached hydrogens (primary N) is 1. The van der Waals surface area contributed by atoms with Crippen molar-refractivity contribution >= 4 is 36.4 Å². The van der Waals surface area contributed by atoms with E-state index in [9.17, 15) is 19.2 Å². The standard InChI is InChI=1S/C12H22N2O5S.C4H8O2/c13-14-12(17)18-7-4-5-10(15)9-19-11(16)6-2-1-3-8-20;1-3-4(5)6-2/h20H,1-9,13H2,(H,14,17);3H2,1-2H3. The first kappa shape index (κ1) is 26.4. The third kappa shape index (κ3) is 20.2. The number of amides is 1. The van der Waals surface area contributed by atoms with Gasteiger partial charge in [-0.2, -0.15) is 12.6 Å². The van der Waals surface area contributed by atoms with Gasteiger partial charge in [-0.25, -0.2) is 10.6 Å². The maximum absolute atomic E-state index is 11.4. The number of methoxy groups -OCH3 is 1. The Kier molecular flexibility index (Phi) is 19.8. The number of ether oxygens (including phenoxy) is 3. The van der Waals surface area contributed by atoms with Crippen molar-refractivity contribution in [2.45, 2.75) is 51.9 Å². The van der Waals surface area contributed by atoms with Crippen molar-refractivity contribution in [3.05, 3.63) is 0 Å². The third-order valence-corrected chi connectivity index (χ3v) is 3.22. The lowest BCUT2D eigenvalue weighted by molar-refractivity contribution is -0.148. The van der Waals surface area contributed by atoms with Gasteiger partial charge < -0.3 is 14.2 Å². The molecule has 0 heterocycles. The molecule has 0 aromatic carbocycles. The number of nitrogens with one attached hydrogen (secondary N) is 1. The molecule has 0 saturated carbocycles. The SMILES string of the molecule is CCC(=O)OC.NNC(=O)OCCCC(=O)COC(=O)CCCCCS. The van der Waals surface area contributed by atoms with Crippen molar-refractivity contribution < 1.29 is 33.4 Å². The predicted octanol–water partition coefficient (Wildman–Crippen LogP) is 1.54. The van der Waals surface area contributed by atoms with Gasteiger partial charge in [0.15, 0.2) is 5.78 Å². The molecule has 0 aromatic rings. The van der Waals surface area contributed by atoms with Crippen LogP contribution in [0, 0.1) is 0 Å². The zero-order valence-corrected chi connectivity index (χ0v) is 16.3. The normalized spacial score (nSPS) is 9.38. The molecule has 0 fully saturated rings. The van der Waals surface area contributed by atoms with Crippen LogP contribution in [0.25, 0.3) is 0 Å². The Balaban J connectivity index is 0. The topological polar surface area (TPSA) is 134 Å². The molecule has 3 N–H and O–H groups in total. The quantitative estimate of drug-likeness (QED) is 0.0863. The monoisotopic (exact) mass is 394 g/mol. The predicted molar refractivity (Wildman–Crippen MR) is 98.5 cm³/mol. The van der Waals surface area contributed by atoms with E-state index in [1.807, 2.05) is 0 Å². The summed E-state index contributed by atoms with van der Waals surface area (Å²) < 4.78 is 13.7. The molecule has 0 bridgehead atoms. The van der Waals surface area contributed by atoms with Crippen LogP contribution >= 0.6 is 12.6 Å². The van der Waals surface area contributed by atoms with Gasteiger partial charge >= 0.3 is 18.0 Å². The Labute approximate surface area is 159 Å². The maximum atomic E-state index is 11.4. The Bertz CT molecular complexity index is 413. The van der Waals surface area contributed by atoms with E-state index in [0.29, 0.717) is 19.3 Å². The lowest BCUT2D eigenvalue weighted by Crippen LogP contribution is -2.31. The van der Waals surface area contributed by atoms with E-state index in [0.717, 1.165) is 25.0 Å². The number of hydrogen-bond donors (Lipinski definition) is 3. The molecule has 9 nitrogen and oxygen atoms in total. The Hall–Kier alpha value is -1.81. The highest BCUT2D eigenvalue weighted by Crippen LogP contribution is 2.02. The number of hydrazine groups is 1. The maximum Gasteiger partial charge on any atom is 0.421 e. The first-order valence-corrected chi connectivity index (χ1v) is 9.02. The third-order valence-electron chi connectivity index (χ3n) is 2.90. The molecule has 0 aromatic heterocycles. The van der Waals surface area contributed by atoms with Crippen LogP contribution in [0.2, 0.25) is 0 Å². The summed E-state index contributed by atoms with van der Waals surface area (Å²) in [5, 5.41) is 0. The molecule has 1 amide bonds. The van der Waals surface area contributed by atoms with E-state index < -0.39 is 6.09 Å². The average Bonchev–Trinajstić information content (AvgIpc) is 2.66. The second-order valence-electron chi connectivity index (χ2n) is 5.05. The van der Waals surface area contributed by atoms with E-state index in [1.165, 1.54) is 7.11 Å². The highest BCUT2D eigenvalue weighted by molar-refractivity contribution is 7.80. The first-order chi connectivity index (χ1) is 12.4. The summed E-state index contributed by atoms with van der Waals surface area (Å²) in [6.45, 7) is 1.62. The van der Waals surface area contributed by atoms with Crippen molar-refractivity contribution in [3.63, 3.8) is 0 Å². The lowest BCUT2D eigenvalue weighted by Gasteiger charge is -2.05. The van der Waals surface area contributed by atoms with Crippen molar-refractivity contribution in [2.24, 2.45) is 5.84 Å². The fraction of sp³-hybridized carbons (Fsp3) is 0.750. The number of carbonyl (C=O) groups excluding carboxylic acids is 4. The van der Waals surface area contributed by atoms with E-state index >= 15 is 0 Å². The zero-order chi connectivity index (χ0) is 20.2. The molecule has 152 valence electrons. The zero-order valence-electron chi connectivity index (χ0n) is 15.5. The smallest absolute Gasteiger partial charge is 0.421 e. The number of hydrogen-bond acceptors (Lipinski definition) is 9. The van der Waals surface area contributed by atoms with Crippen LogP contribution < -0.4 is 11.3 Å². The van der Waals surface area contributed by atoms with Crippen LogP contribution in [0.3, 0.4) is 0 Å². The Morgan fingerprint density at radius 3 is 2.15 bits per heavy atom. The van der Waals surface area contributed by atoms with Crippen LogP contribution in [-0.4, -0.2) is 49.9 Å². The molecular formula is C16H30N2O7S. The van der Waals surface area contributed by atoms with Crippen LogP contribution in [-0.2, 0) is 28.6 Å². The minimum absolute atomic E-state index is 0.0897. The van der Waals surface area contributed by atoms with Crippen molar-refractivity contribution in [2.75, 3.05) is 26.1 Å². The summed E-state index contributed by atoms with van der Waals surface area (Å²) in [6, 6.07) is 0. The molecule has 0 rings (SSSR count). The van der Waals surface area contributed by atoms with Crippen molar-refractivity contribution in [3.8, 4) is 0 Å². The van der Waals surface area contributed by atoms with Gasteiger partial charge in [-0.05, 0) is 25.0 Å². The number of Topliss-reactive ketones (excluding diaryl/α,β-unsaturated/α-hetero) is 1. The number of thiol groups is 1. The van der Waals surface area contributed by atoms with Crippen LogP contribution in [0.5, 0.6) is 0 Å². The van der Waals surface area contributed by atoms with Gasteiger partial charge in [-0.15, -0.1) is 0 Å². The van der Waals surface area contributed by atoms with E-state index in [4.69, 9.17) is 10.6 Å². The van der Waals surface area contributed by atoms with Gasteiger partial charge in [0.2, 0.25) is 0 Å². The fourth-order valence-corrected chi connectivity index (χ4v) is 1.71. The van der Waals surface area contributed by atoms with E-state index in [1.54, 1.807) is 12.3 Å². The number of unbranched alkanes of at least 4 members (excludes halogenated alkanes) is 2. The second kappa shape index (κ2) is 19.5. The summed E-state index contributed by atoms with van der Waals surface area (Å²) in [7, 11) is 1.38. The number of ketones is 1. The van der Waals surface area contributed by atoms with E-state index in [-0.39, 0.29) is 37.4 Å². The molecule has 0 aliphatic heterocycles. The van der Waals surface area contributed by atoms with Gasteiger partial charge in [0, 0.05) is 19.3 Å². The molecule has 26 heavy (non-hydrogen) atoms. The molecule has 0 spiro atoms. The van der Waals surface area contributed by atoms with Crippen LogP contribution in [0.1, 0.15) is 51.9 Å². The van der Waals surface area contributed by atoms with Gasteiger partial charge in [0.05, 0.1) is 13.7 Å². The Morgan fingerprint density at radius 2 is 1.65 bits per heavy atom. The number of rotatable bonds is 12. The van der Waals surface area contributed by atoms with Gasteiger partial charge in [0.1, 0.15) is 6.61 Å². The van der Waals surface area contributed by atoms with Crippen LogP contribution in [0.15, 0.2) is 0 Å². The van der Waals surface area contributed by atoms with E-state index in [2.05, 4.69) is 22.1 Å². The van der Waals surface area contributed by atoms with Crippen molar-refractivity contribution in [1.29, 1.82) is 0 Å². The highest BCUT2D eigenvalue weighted by atomic mass is 32.1. The summed E-state index contributed by atoms with van der Waals surface area (Å²) in [5.41, 5.74) is 1.80. The second-order valence-corrected chi connectivity index (χ2v) is 5.49. The molecule has 0 unspecified atom stereocenters. The lowest BCUT2D eigenvalue weighted by atomic mass is 10.2. The van der Waals surface area contributed by atoms with Gasteiger partial charge in [-0.3, -0.25) is 19.8 Å². The summed E-state index contributed by atoms with van der Waals surface area (Å²) >= 11 is 4.07. The largest absolute Gasteiger partial charge is 0.469 e. The number of esters is 2. The Morgan fingerprint density at radius 1 is 0.962 bits per heavy atom. The van der Waals surface area contributed by atoms with Gasteiger partial charge in [-0.1, -0.05) is 13.3 Å². The van der Waals surface area contributed by atoms with Crippen LogP contribution in [0.4, 0.5) is 4.79 Å². The molecule has 0 saturated heterocycles.